The first-order valence-electron chi connectivity index (χ1n) is 8.90. The fraction of sp³-hybridized carbons (Fsp3) is 0.381. The highest BCUT2D eigenvalue weighted by atomic mass is 127. The van der Waals surface area contributed by atoms with Crippen molar-refractivity contribution in [1.82, 2.24) is 10.6 Å². The monoisotopic (exact) mass is 499 g/mol. The van der Waals surface area contributed by atoms with Crippen molar-refractivity contribution in [2.45, 2.75) is 19.9 Å². The van der Waals surface area contributed by atoms with Crippen LogP contribution in [0.4, 0.5) is 0 Å². The number of halogens is 1. The van der Waals surface area contributed by atoms with E-state index in [0.717, 1.165) is 47.3 Å². The van der Waals surface area contributed by atoms with Crippen LogP contribution in [0.5, 0.6) is 17.2 Å². The number of aliphatic imine (C=N–C) groups is 1. The van der Waals surface area contributed by atoms with E-state index in [-0.39, 0.29) is 24.0 Å². The first kappa shape index (κ1) is 23.9. The minimum absolute atomic E-state index is 0. The van der Waals surface area contributed by atoms with E-state index in [0.29, 0.717) is 6.54 Å². The zero-order chi connectivity index (χ0) is 19.6. The second kappa shape index (κ2) is 12.3. The van der Waals surface area contributed by atoms with Gasteiger partial charge in [-0.1, -0.05) is 18.2 Å². The first-order chi connectivity index (χ1) is 13.1. The molecule has 0 atom stereocenters. The highest BCUT2D eigenvalue weighted by Crippen LogP contribution is 2.27. The van der Waals surface area contributed by atoms with Crippen molar-refractivity contribution in [3.8, 4) is 17.2 Å². The normalized spacial score (nSPS) is 10.7. The predicted molar refractivity (Wildman–Crippen MR) is 125 cm³/mol. The van der Waals surface area contributed by atoms with Gasteiger partial charge in [-0.3, -0.25) is 4.99 Å². The number of hydrogen-bond donors (Lipinski definition) is 2. The average Bonchev–Trinajstić information content (AvgIpc) is 2.70. The lowest BCUT2D eigenvalue weighted by Gasteiger charge is -2.14. The second-order valence-corrected chi connectivity index (χ2v) is 6.11. The molecule has 0 saturated heterocycles. The van der Waals surface area contributed by atoms with E-state index in [4.69, 9.17) is 14.2 Å². The van der Waals surface area contributed by atoms with Crippen molar-refractivity contribution in [2.24, 2.45) is 4.99 Å². The Bertz CT molecular complexity index is 781. The van der Waals surface area contributed by atoms with Crippen LogP contribution in [-0.2, 0) is 13.0 Å². The van der Waals surface area contributed by atoms with Crippen molar-refractivity contribution < 1.29 is 14.2 Å². The zero-order valence-electron chi connectivity index (χ0n) is 17.2. The summed E-state index contributed by atoms with van der Waals surface area (Å²) in [5, 5.41) is 6.65. The molecule has 0 aliphatic carbocycles. The Kier molecular flexibility index (Phi) is 10.5. The molecular weight excluding hydrogens is 469 g/mol. The third kappa shape index (κ3) is 6.78. The van der Waals surface area contributed by atoms with Crippen LogP contribution in [0, 0.1) is 6.92 Å². The van der Waals surface area contributed by atoms with Gasteiger partial charge >= 0.3 is 0 Å². The SMILES string of the molecule is CN=C(NCCc1ccc(OC)c(OC)c1)NCc1ccc(C)cc1OC.I. The minimum Gasteiger partial charge on any atom is -0.496 e. The maximum atomic E-state index is 5.45. The van der Waals surface area contributed by atoms with Crippen LogP contribution in [0.15, 0.2) is 41.4 Å². The maximum absolute atomic E-state index is 5.45. The lowest BCUT2D eigenvalue weighted by atomic mass is 10.1. The topological polar surface area (TPSA) is 64.1 Å². The van der Waals surface area contributed by atoms with Crippen molar-refractivity contribution >= 4 is 29.9 Å². The van der Waals surface area contributed by atoms with E-state index in [1.54, 1.807) is 28.4 Å². The van der Waals surface area contributed by atoms with Crippen LogP contribution in [-0.4, -0.2) is 40.9 Å². The lowest BCUT2D eigenvalue weighted by Crippen LogP contribution is -2.37. The summed E-state index contributed by atoms with van der Waals surface area (Å²) in [6, 6.07) is 12.1. The first-order valence-corrected chi connectivity index (χ1v) is 8.90. The Morgan fingerprint density at radius 1 is 0.893 bits per heavy atom. The van der Waals surface area contributed by atoms with Gasteiger partial charge in [0.2, 0.25) is 0 Å². The van der Waals surface area contributed by atoms with Gasteiger partial charge < -0.3 is 24.8 Å². The van der Waals surface area contributed by atoms with Gasteiger partial charge in [0, 0.05) is 25.7 Å². The van der Waals surface area contributed by atoms with Gasteiger partial charge in [-0.25, -0.2) is 0 Å². The molecule has 0 heterocycles. The summed E-state index contributed by atoms with van der Waals surface area (Å²) in [6.07, 6.45) is 0.842. The molecular formula is C21H30IN3O3. The number of nitrogens with zero attached hydrogens (tertiary/aromatic N) is 1. The van der Waals surface area contributed by atoms with Crippen molar-refractivity contribution in [3.63, 3.8) is 0 Å². The average molecular weight is 499 g/mol. The number of methoxy groups -OCH3 is 3. The van der Waals surface area contributed by atoms with Gasteiger partial charge in [0.05, 0.1) is 21.3 Å². The molecule has 0 bridgehead atoms. The molecule has 0 spiro atoms. The molecule has 0 radical (unpaired) electrons. The highest BCUT2D eigenvalue weighted by molar-refractivity contribution is 14.0. The van der Waals surface area contributed by atoms with Gasteiger partial charge in [0.25, 0.3) is 0 Å². The molecule has 2 rings (SSSR count). The molecule has 0 aromatic heterocycles. The van der Waals surface area contributed by atoms with Gasteiger partial charge in [-0.15, -0.1) is 24.0 Å². The summed E-state index contributed by atoms with van der Waals surface area (Å²) in [5.74, 6) is 3.10. The number of guanidine groups is 1. The zero-order valence-corrected chi connectivity index (χ0v) is 19.5. The van der Waals surface area contributed by atoms with E-state index in [9.17, 15) is 0 Å². The fourth-order valence-electron chi connectivity index (χ4n) is 2.76. The van der Waals surface area contributed by atoms with Crippen molar-refractivity contribution in [2.75, 3.05) is 34.9 Å². The summed E-state index contributed by atoms with van der Waals surface area (Å²) in [7, 11) is 6.73. The molecule has 0 aliphatic heterocycles. The lowest BCUT2D eigenvalue weighted by molar-refractivity contribution is 0.354. The predicted octanol–water partition coefficient (Wildman–Crippen LogP) is 3.55. The Morgan fingerprint density at radius 3 is 2.25 bits per heavy atom. The third-order valence-electron chi connectivity index (χ3n) is 4.27. The molecule has 0 aliphatic rings. The minimum atomic E-state index is 0. The Hall–Kier alpha value is -2.16. The molecule has 0 fully saturated rings. The summed E-state index contributed by atoms with van der Waals surface area (Å²) < 4.78 is 16.1. The molecule has 6 nitrogen and oxygen atoms in total. The smallest absolute Gasteiger partial charge is 0.191 e. The standard InChI is InChI=1S/C21H29N3O3.HI/c1-15-6-8-17(19(12-15)26-4)14-24-21(22-2)23-11-10-16-7-9-18(25-3)20(13-16)27-5;/h6-9,12-13H,10-11,14H2,1-5H3,(H2,22,23,24);1H. The van der Waals surface area contributed by atoms with Crippen LogP contribution in [0.1, 0.15) is 16.7 Å². The molecule has 0 amide bonds. The molecule has 2 aromatic carbocycles. The summed E-state index contributed by atoms with van der Waals surface area (Å²) >= 11 is 0. The molecule has 0 unspecified atom stereocenters. The van der Waals surface area contributed by atoms with Gasteiger partial charge in [0.1, 0.15) is 5.75 Å². The molecule has 7 heteroatoms. The van der Waals surface area contributed by atoms with E-state index in [2.05, 4.69) is 27.8 Å². The number of nitrogens with one attached hydrogen (secondary N) is 2. The molecule has 2 N–H and O–H groups in total. The van der Waals surface area contributed by atoms with Crippen LogP contribution in [0.2, 0.25) is 0 Å². The van der Waals surface area contributed by atoms with E-state index >= 15 is 0 Å². The molecule has 28 heavy (non-hydrogen) atoms. The Labute approximate surface area is 184 Å². The van der Waals surface area contributed by atoms with Crippen LogP contribution in [0.3, 0.4) is 0 Å². The summed E-state index contributed by atoms with van der Waals surface area (Å²) in [4.78, 5) is 4.28. The molecule has 0 saturated carbocycles. The third-order valence-corrected chi connectivity index (χ3v) is 4.27. The van der Waals surface area contributed by atoms with Gasteiger partial charge in [-0.2, -0.15) is 0 Å². The van der Waals surface area contributed by atoms with Crippen molar-refractivity contribution in [3.05, 3.63) is 53.1 Å². The number of rotatable bonds is 8. The Morgan fingerprint density at radius 2 is 1.61 bits per heavy atom. The molecule has 2 aromatic rings. The quantitative estimate of drug-likeness (QED) is 0.331. The number of aryl methyl sites for hydroxylation is 1. The maximum Gasteiger partial charge on any atom is 0.191 e. The second-order valence-electron chi connectivity index (χ2n) is 6.11. The highest BCUT2D eigenvalue weighted by Gasteiger charge is 2.06. The van der Waals surface area contributed by atoms with E-state index in [1.165, 1.54) is 5.56 Å². The largest absolute Gasteiger partial charge is 0.496 e. The van der Waals surface area contributed by atoms with Gasteiger partial charge in [-0.05, 0) is 42.7 Å². The number of hydrogen-bond acceptors (Lipinski definition) is 4. The van der Waals surface area contributed by atoms with E-state index in [1.807, 2.05) is 31.2 Å². The van der Waals surface area contributed by atoms with Crippen LogP contribution < -0.4 is 24.8 Å². The Balaban J connectivity index is 0.00000392. The number of benzene rings is 2. The van der Waals surface area contributed by atoms with Crippen LogP contribution in [0.25, 0.3) is 0 Å². The summed E-state index contributed by atoms with van der Waals surface area (Å²) in [6.45, 7) is 3.44. The van der Waals surface area contributed by atoms with Crippen molar-refractivity contribution in [1.29, 1.82) is 0 Å². The summed E-state index contributed by atoms with van der Waals surface area (Å²) in [5.41, 5.74) is 3.43. The van der Waals surface area contributed by atoms with Gasteiger partial charge in [0.15, 0.2) is 17.5 Å². The molecule has 154 valence electrons. The fourth-order valence-corrected chi connectivity index (χ4v) is 2.76. The number of ether oxygens (including phenoxy) is 3. The van der Waals surface area contributed by atoms with Crippen LogP contribution >= 0.6 is 24.0 Å². The van der Waals surface area contributed by atoms with E-state index < -0.39 is 0 Å².